The molecule has 0 N–H and O–H groups in total. The van der Waals surface area contributed by atoms with Crippen LogP contribution in [-0.4, -0.2) is 33.5 Å². The highest BCUT2D eigenvalue weighted by molar-refractivity contribution is 7.14. The van der Waals surface area contributed by atoms with E-state index in [1.54, 1.807) is 17.2 Å². The van der Waals surface area contributed by atoms with Gasteiger partial charge in [-0.25, -0.2) is 4.98 Å². The second-order valence-electron chi connectivity index (χ2n) is 4.84. The Kier molecular flexibility index (Phi) is 4.14. The van der Waals surface area contributed by atoms with E-state index in [4.69, 9.17) is 9.26 Å². The first-order chi connectivity index (χ1) is 10.6. The van der Waals surface area contributed by atoms with Crippen molar-refractivity contribution in [2.75, 3.05) is 11.4 Å². The second kappa shape index (κ2) is 6.22. The van der Waals surface area contributed by atoms with E-state index >= 15 is 0 Å². The number of hydrogen-bond donors (Lipinski definition) is 0. The van der Waals surface area contributed by atoms with Crippen molar-refractivity contribution >= 4 is 28.3 Å². The lowest BCUT2D eigenvalue weighted by molar-refractivity contribution is -0.145. The molecular weight excluding hydrogens is 308 g/mol. The molecule has 0 bridgehead atoms. The number of anilines is 1. The van der Waals surface area contributed by atoms with E-state index in [-0.39, 0.29) is 24.8 Å². The fourth-order valence-electron chi connectivity index (χ4n) is 2.09. The smallest absolute Gasteiger partial charge is 0.312 e. The minimum absolute atomic E-state index is 0.0473. The van der Waals surface area contributed by atoms with Crippen LogP contribution in [0.3, 0.4) is 0 Å². The van der Waals surface area contributed by atoms with E-state index in [0.29, 0.717) is 29.6 Å². The van der Waals surface area contributed by atoms with Crippen molar-refractivity contribution in [1.82, 2.24) is 15.1 Å². The number of aryl methyl sites for hydroxylation is 1. The van der Waals surface area contributed by atoms with Crippen LogP contribution >= 0.6 is 11.3 Å². The predicted octanol–water partition coefficient (Wildman–Crippen LogP) is 1.25. The summed E-state index contributed by atoms with van der Waals surface area (Å²) in [6.07, 6.45) is 1.45. The summed E-state index contributed by atoms with van der Waals surface area (Å²) in [5, 5.41) is 6.01. The quantitative estimate of drug-likeness (QED) is 0.764. The molecule has 8 nitrogen and oxygen atoms in total. The number of ether oxygens (including phenoxy) is 1. The van der Waals surface area contributed by atoms with Gasteiger partial charge in [-0.15, -0.1) is 11.3 Å². The first-order valence-corrected chi connectivity index (χ1v) is 7.69. The van der Waals surface area contributed by atoms with Gasteiger partial charge in [0.25, 0.3) is 5.89 Å². The fourth-order valence-corrected chi connectivity index (χ4v) is 2.96. The zero-order valence-corrected chi connectivity index (χ0v) is 12.8. The molecule has 1 amide bonds. The van der Waals surface area contributed by atoms with Crippen LogP contribution in [0, 0.1) is 6.92 Å². The van der Waals surface area contributed by atoms with Crippen molar-refractivity contribution in [2.24, 2.45) is 0 Å². The Hall–Kier alpha value is -2.29. The molecule has 1 aliphatic heterocycles. The molecule has 22 heavy (non-hydrogen) atoms. The summed E-state index contributed by atoms with van der Waals surface area (Å²) in [5.41, 5.74) is 0.589. The summed E-state index contributed by atoms with van der Waals surface area (Å²) < 4.78 is 9.90. The Morgan fingerprint density at radius 1 is 1.50 bits per heavy atom. The van der Waals surface area contributed by atoms with Crippen LogP contribution in [0.5, 0.6) is 0 Å². The number of nitrogens with zero attached hydrogens (tertiary/aromatic N) is 4. The minimum Gasteiger partial charge on any atom is -0.455 e. The Balaban J connectivity index is 1.53. The molecular formula is C13H14N4O4S. The molecule has 0 spiro atoms. The fraction of sp³-hybridized carbons (Fsp3) is 0.462. The van der Waals surface area contributed by atoms with Crippen LogP contribution in [0.25, 0.3) is 0 Å². The predicted molar refractivity (Wildman–Crippen MR) is 76.2 cm³/mol. The topological polar surface area (TPSA) is 98.4 Å². The van der Waals surface area contributed by atoms with Gasteiger partial charge in [-0.2, -0.15) is 4.98 Å². The Labute approximate surface area is 130 Å². The van der Waals surface area contributed by atoms with Crippen LogP contribution in [0.15, 0.2) is 9.90 Å². The Bertz CT molecular complexity index is 696. The first-order valence-electron chi connectivity index (χ1n) is 6.81. The van der Waals surface area contributed by atoms with Gasteiger partial charge in [0.15, 0.2) is 17.6 Å². The number of carbonyl (C=O) groups is 2. The molecule has 1 fully saturated rings. The van der Waals surface area contributed by atoms with Gasteiger partial charge in [0.2, 0.25) is 5.91 Å². The van der Waals surface area contributed by atoms with E-state index < -0.39 is 5.97 Å². The number of esters is 1. The summed E-state index contributed by atoms with van der Waals surface area (Å²) in [7, 11) is 0. The van der Waals surface area contributed by atoms with Gasteiger partial charge in [-0.3, -0.25) is 14.5 Å². The maximum absolute atomic E-state index is 11.8. The zero-order valence-electron chi connectivity index (χ0n) is 11.9. The highest BCUT2D eigenvalue weighted by Gasteiger charge is 2.24. The van der Waals surface area contributed by atoms with Gasteiger partial charge in [-0.05, 0) is 13.3 Å². The average Bonchev–Trinajstić information content (AvgIpc) is 3.18. The van der Waals surface area contributed by atoms with Crippen molar-refractivity contribution in [3.05, 3.63) is 22.8 Å². The lowest BCUT2D eigenvalue weighted by Crippen LogP contribution is -2.23. The largest absolute Gasteiger partial charge is 0.455 e. The molecule has 0 aliphatic carbocycles. The van der Waals surface area contributed by atoms with Crippen molar-refractivity contribution < 1.29 is 18.8 Å². The van der Waals surface area contributed by atoms with E-state index in [9.17, 15) is 9.59 Å². The summed E-state index contributed by atoms with van der Waals surface area (Å²) in [5.74, 6) is 0.397. The van der Waals surface area contributed by atoms with E-state index in [0.717, 1.165) is 6.42 Å². The third-order valence-corrected chi connectivity index (χ3v) is 4.01. The van der Waals surface area contributed by atoms with Crippen molar-refractivity contribution in [2.45, 2.75) is 32.8 Å². The van der Waals surface area contributed by atoms with Crippen LogP contribution < -0.4 is 4.90 Å². The van der Waals surface area contributed by atoms with Crippen LogP contribution in [0.4, 0.5) is 5.13 Å². The summed E-state index contributed by atoms with van der Waals surface area (Å²) >= 11 is 1.36. The summed E-state index contributed by atoms with van der Waals surface area (Å²) in [4.78, 5) is 33.3. The van der Waals surface area contributed by atoms with Gasteiger partial charge >= 0.3 is 5.97 Å². The molecule has 1 saturated heterocycles. The van der Waals surface area contributed by atoms with Crippen molar-refractivity contribution in [3.63, 3.8) is 0 Å². The molecule has 116 valence electrons. The standard InChI is InChI=1S/C13H14N4O4S/c1-8-14-10(21-16-8)6-20-12(19)5-9-7-22-13(15-9)17-4-2-3-11(17)18/h7H,2-6H2,1H3. The third kappa shape index (κ3) is 3.30. The number of amides is 1. The summed E-state index contributed by atoms with van der Waals surface area (Å²) in [6, 6.07) is 0. The number of thiazole rings is 1. The first kappa shape index (κ1) is 14.6. The third-order valence-electron chi connectivity index (χ3n) is 3.10. The molecule has 9 heteroatoms. The SMILES string of the molecule is Cc1noc(COC(=O)Cc2csc(N3CCCC3=O)n2)n1. The maximum atomic E-state index is 11.8. The van der Waals surface area contributed by atoms with Gasteiger partial charge < -0.3 is 9.26 Å². The molecule has 0 radical (unpaired) electrons. The Morgan fingerprint density at radius 3 is 3.05 bits per heavy atom. The number of aromatic nitrogens is 3. The zero-order chi connectivity index (χ0) is 15.5. The monoisotopic (exact) mass is 322 g/mol. The maximum Gasteiger partial charge on any atom is 0.312 e. The van der Waals surface area contributed by atoms with E-state index in [1.165, 1.54) is 11.3 Å². The molecule has 0 unspecified atom stereocenters. The normalized spacial score (nSPS) is 14.6. The Morgan fingerprint density at radius 2 is 2.36 bits per heavy atom. The van der Waals surface area contributed by atoms with E-state index in [1.807, 2.05) is 0 Å². The van der Waals surface area contributed by atoms with Crippen LogP contribution in [-0.2, 0) is 27.4 Å². The second-order valence-corrected chi connectivity index (χ2v) is 5.68. The van der Waals surface area contributed by atoms with Crippen molar-refractivity contribution in [1.29, 1.82) is 0 Å². The highest BCUT2D eigenvalue weighted by Crippen LogP contribution is 2.25. The highest BCUT2D eigenvalue weighted by atomic mass is 32.1. The summed E-state index contributed by atoms with van der Waals surface area (Å²) in [6.45, 7) is 2.32. The molecule has 0 saturated carbocycles. The molecule has 0 atom stereocenters. The molecule has 2 aromatic rings. The molecule has 2 aromatic heterocycles. The van der Waals surface area contributed by atoms with Crippen LogP contribution in [0.1, 0.15) is 30.3 Å². The number of carbonyl (C=O) groups excluding carboxylic acids is 2. The molecule has 3 rings (SSSR count). The van der Waals surface area contributed by atoms with E-state index in [2.05, 4.69) is 15.1 Å². The molecule has 0 aromatic carbocycles. The van der Waals surface area contributed by atoms with Gasteiger partial charge in [0.05, 0.1) is 12.1 Å². The number of rotatable bonds is 5. The lowest BCUT2D eigenvalue weighted by Gasteiger charge is -2.10. The average molecular weight is 322 g/mol. The van der Waals surface area contributed by atoms with Gasteiger partial charge in [0, 0.05) is 18.3 Å². The van der Waals surface area contributed by atoms with Crippen molar-refractivity contribution in [3.8, 4) is 0 Å². The van der Waals surface area contributed by atoms with Gasteiger partial charge in [-0.1, -0.05) is 5.16 Å². The van der Waals surface area contributed by atoms with Gasteiger partial charge in [0.1, 0.15) is 0 Å². The minimum atomic E-state index is -0.430. The molecule has 3 heterocycles. The number of hydrogen-bond acceptors (Lipinski definition) is 8. The molecule has 1 aliphatic rings. The lowest BCUT2D eigenvalue weighted by atomic mass is 10.3. The van der Waals surface area contributed by atoms with Crippen LogP contribution in [0.2, 0.25) is 0 Å².